The average molecular weight is 410 g/mol. The number of anilines is 1. The molecule has 29 heavy (non-hydrogen) atoms. The standard InChI is InChI=1S/C21H16F2N4OS/c1-10-3-6-16-17(7-10)29-21(24-16)27-20-19(11(2)26-27)13(9-18(28)25-20)12-4-5-14(22)15(23)8-12/h3-8,13H,9H2,1-2H3,(H,25,28)/t13-/m1/s1. The van der Waals surface area contributed by atoms with Crippen molar-refractivity contribution in [3.05, 3.63) is 70.4 Å². The summed E-state index contributed by atoms with van der Waals surface area (Å²) in [6, 6.07) is 9.77. The van der Waals surface area contributed by atoms with Gasteiger partial charge in [-0.15, -0.1) is 0 Å². The third kappa shape index (κ3) is 2.91. The number of thiazole rings is 1. The first kappa shape index (κ1) is 17.9. The van der Waals surface area contributed by atoms with E-state index in [0.717, 1.165) is 33.5 Å². The number of nitrogens with zero attached hydrogens (tertiary/aromatic N) is 3. The number of amides is 1. The minimum absolute atomic E-state index is 0.143. The molecule has 1 aliphatic heterocycles. The third-order valence-electron chi connectivity index (χ3n) is 5.16. The predicted molar refractivity (Wildman–Crippen MR) is 108 cm³/mol. The molecule has 5 rings (SSSR count). The zero-order valence-electron chi connectivity index (χ0n) is 15.7. The molecule has 8 heteroatoms. The first-order valence-electron chi connectivity index (χ1n) is 9.12. The zero-order chi connectivity index (χ0) is 20.3. The van der Waals surface area contributed by atoms with Gasteiger partial charge in [-0.3, -0.25) is 4.79 Å². The van der Waals surface area contributed by atoms with Crippen LogP contribution >= 0.6 is 11.3 Å². The summed E-state index contributed by atoms with van der Waals surface area (Å²) in [5.74, 6) is -1.91. The van der Waals surface area contributed by atoms with Crippen LogP contribution in [0.3, 0.4) is 0 Å². The lowest BCUT2D eigenvalue weighted by Gasteiger charge is -2.24. The van der Waals surface area contributed by atoms with Crippen LogP contribution in [-0.2, 0) is 4.79 Å². The largest absolute Gasteiger partial charge is 0.310 e. The highest BCUT2D eigenvalue weighted by Crippen LogP contribution is 2.41. The molecule has 1 amide bonds. The number of carbonyl (C=O) groups is 1. The monoisotopic (exact) mass is 410 g/mol. The van der Waals surface area contributed by atoms with Gasteiger partial charge in [-0.25, -0.2) is 13.8 Å². The molecule has 0 radical (unpaired) electrons. The van der Waals surface area contributed by atoms with Crippen molar-refractivity contribution in [2.24, 2.45) is 0 Å². The second-order valence-corrected chi connectivity index (χ2v) is 8.21. The minimum Gasteiger partial charge on any atom is -0.310 e. The topological polar surface area (TPSA) is 59.8 Å². The van der Waals surface area contributed by atoms with Gasteiger partial charge in [0.15, 0.2) is 11.6 Å². The molecule has 5 nitrogen and oxygen atoms in total. The van der Waals surface area contributed by atoms with Gasteiger partial charge in [0.25, 0.3) is 0 Å². The SMILES string of the molecule is Cc1ccc2nc(-n3nc(C)c4c3NC(=O)C[C@@H]4c3ccc(F)c(F)c3)sc2c1. The Morgan fingerprint density at radius 2 is 1.97 bits per heavy atom. The van der Waals surface area contributed by atoms with Crippen LogP contribution in [0.1, 0.15) is 34.7 Å². The number of hydrogen-bond donors (Lipinski definition) is 1. The summed E-state index contributed by atoms with van der Waals surface area (Å²) in [7, 11) is 0. The van der Waals surface area contributed by atoms with Crippen LogP contribution in [0.25, 0.3) is 15.3 Å². The number of nitrogens with one attached hydrogen (secondary N) is 1. The number of benzene rings is 2. The zero-order valence-corrected chi connectivity index (χ0v) is 16.5. The Kier molecular flexibility index (Phi) is 3.99. The van der Waals surface area contributed by atoms with E-state index in [0.29, 0.717) is 22.2 Å². The van der Waals surface area contributed by atoms with Crippen molar-refractivity contribution in [3.63, 3.8) is 0 Å². The first-order chi connectivity index (χ1) is 13.9. The molecule has 1 atom stereocenters. The molecule has 0 fully saturated rings. The van der Waals surface area contributed by atoms with Crippen LogP contribution in [0, 0.1) is 25.5 Å². The van der Waals surface area contributed by atoms with Gasteiger partial charge in [0.2, 0.25) is 11.0 Å². The van der Waals surface area contributed by atoms with Gasteiger partial charge in [-0.1, -0.05) is 23.5 Å². The molecule has 0 saturated heterocycles. The summed E-state index contributed by atoms with van der Waals surface area (Å²) >= 11 is 1.48. The number of aromatic nitrogens is 3. The maximum absolute atomic E-state index is 13.8. The molecule has 2 aromatic heterocycles. The minimum atomic E-state index is -0.929. The normalized spacial score (nSPS) is 16.1. The second-order valence-electron chi connectivity index (χ2n) is 7.21. The number of rotatable bonds is 2. The number of hydrogen-bond acceptors (Lipinski definition) is 4. The fraction of sp³-hybridized carbons (Fsp3) is 0.190. The van der Waals surface area contributed by atoms with Gasteiger partial charge >= 0.3 is 0 Å². The molecule has 3 heterocycles. The van der Waals surface area contributed by atoms with E-state index in [1.54, 1.807) is 4.68 Å². The van der Waals surface area contributed by atoms with E-state index in [9.17, 15) is 13.6 Å². The van der Waals surface area contributed by atoms with Crippen molar-refractivity contribution in [1.29, 1.82) is 0 Å². The van der Waals surface area contributed by atoms with E-state index >= 15 is 0 Å². The quantitative estimate of drug-likeness (QED) is 0.514. The highest BCUT2D eigenvalue weighted by molar-refractivity contribution is 7.20. The van der Waals surface area contributed by atoms with Crippen molar-refractivity contribution in [2.75, 3.05) is 5.32 Å². The van der Waals surface area contributed by atoms with Crippen molar-refractivity contribution >= 4 is 33.3 Å². The molecule has 0 aliphatic carbocycles. The van der Waals surface area contributed by atoms with Crippen molar-refractivity contribution in [3.8, 4) is 5.13 Å². The lowest BCUT2D eigenvalue weighted by molar-refractivity contribution is -0.116. The molecule has 0 bridgehead atoms. The molecule has 1 aliphatic rings. The van der Waals surface area contributed by atoms with Gasteiger partial charge in [-0.05, 0) is 49.2 Å². The van der Waals surface area contributed by atoms with Crippen LogP contribution in [0.15, 0.2) is 36.4 Å². The summed E-state index contributed by atoms with van der Waals surface area (Å²) in [6.45, 7) is 3.86. The molecule has 0 saturated carbocycles. The van der Waals surface area contributed by atoms with Gasteiger partial charge < -0.3 is 5.32 Å². The van der Waals surface area contributed by atoms with E-state index in [1.165, 1.54) is 17.4 Å². The number of carbonyl (C=O) groups excluding carboxylic acids is 1. The Labute approximate surface area is 169 Å². The highest BCUT2D eigenvalue weighted by atomic mass is 32.1. The molecular formula is C21H16F2N4OS. The van der Waals surface area contributed by atoms with Crippen molar-refractivity contribution < 1.29 is 13.6 Å². The van der Waals surface area contributed by atoms with Crippen LogP contribution in [0.4, 0.5) is 14.6 Å². The number of halogens is 2. The second kappa shape index (κ2) is 6.45. The maximum Gasteiger partial charge on any atom is 0.226 e. The smallest absolute Gasteiger partial charge is 0.226 e. The third-order valence-corrected chi connectivity index (χ3v) is 6.16. The molecular weight excluding hydrogens is 394 g/mol. The molecule has 146 valence electrons. The highest BCUT2D eigenvalue weighted by Gasteiger charge is 2.33. The molecule has 0 spiro atoms. The Bertz CT molecular complexity index is 1290. The van der Waals surface area contributed by atoms with Crippen LogP contribution in [0.2, 0.25) is 0 Å². The van der Waals surface area contributed by atoms with E-state index in [4.69, 9.17) is 0 Å². The summed E-state index contributed by atoms with van der Waals surface area (Å²) in [5, 5.41) is 8.14. The van der Waals surface area contributed by atoms with E-state index < -0.39 is 17.6 Å². The van der Waals surface area contributed by atoms with E-state index in [-0.39, 0.29) is 12.3 Å². The summed E-state index contributed by atoms with van der Waals surface area (Å²) in [4.78, 5) is 17.1. The van der Waals surface area contributed by atoms with E-state index in [2.05, 4.69) is 21.5 Å². The van der Waals surface area contributed by atoms with Gasteiger partial charge in [0.05, 0.1) is 15.9 Å². The van der Waals surface area contributed by atoms with Gasteiger partial charge in [-0.2, -0.15) is 9.78 Å². The number of fused-ring (bicyclic) bond motifs is 2. The van der Waals surface area contributed by atoms with Crippen molar-refractivity contribution in [1.82, 2.24) is 14.8 Å². The summed E-state index contributed by atoms with van der Waals surface area (Å²) in [6.07, 6.45) is 0.143. The van der Waals surface area contributed by atoms with Crippen LogP contribution in [-0.4, -0.2) is 20.7 Å². The Balaban J connectivity index is 1.67. The average Bonchev–Trinajstić information content (AvgIpc) is 3.24. The fourth-order valence-electron chi connectivity index (χ4n) is 3.81. The van der Waals surface area contributed by atoms with E-state index in [1.807, 2.05) is 26.0 Å². The Hall–Kier alpha value is -3.13. The maximum atomic E-state index is 13.8. The lowest BCUT2D eigenvalue weighted by atomic mass is 9.86. The van der Waals surface area contributed by atoms with Gasteiger partial charge in [0.1, 0.15) is 5.82 Å². The molecule has 2 aromatic carbocycles. The Morgan fingerprint density at radius 3 is 2.76 bits per heavy atom. The first-order valence-corrected chi connectivity index (χ1v) is 9.94. The molecule has 4 aromatic rings. The predicted octanol–water partition coefficient (Wildman–Crippen LogP) is 4.85. The molecule has 1 N–H and O–H groups in total. The lowest BCUT2D eigenvalue weighted by Crippen LogP contribution is -2.25. The fourth-order valence-corrected chi connectivity index (χ4v) is 4.83. The summed E-state index contributed by atoms with van der Waals surface area (Å²) < 4.78 is 29.9. The molecule has 0 unspecified atom stereocenters. The van der Waals surface area contributed by atoms with Gasteiger partial charge in [0, 0.05) is 17.9 Å². The van der Waals surface area contributed by atoms with Crippen LogP contribution in [0.5, 0.6) is 0 Å². The Morgan fingerprint density at radius 1 is 1.14 bits per heavy atom. The number of aryl methyl sites for hydroxylation is 2. The van der Waals surface area contributed by atoms with Crippen LogP contribution < -0.4 is 5.32 Å². The van der Waals surface area contributed by atoms with Crippen molar-refractivity contribution in [2.45, 2.75) is 26.2 Å². The summed E-state index contributed by atoms with van der Waals surface area (Å²) in [5.41, 5.74) is 4.05.